The van der Waals surface area contributed by atoms with Crippen LogP contribution in [0.5, 0.6) is 0 Å². The number of hydrogen-bond acceptors (Lipinski definition) is 6. The summed E-state index contributed by atoms with van der Waals surface area (Å²) in [6.07, 6.45) is 11.0. The van der Waals surface area contributed by atoms with Crippen molar-refractivity contribution in [2.75, 3.05) is 0 Å². The third-order valence-electron chi connectivity index (χ3n) is 5.04. The van der Waals surface area contributed by atoms with Gasteiger partial charge in [-0.2, -0.15) is 0 Å². The summed E-state index contributed by atoms with van der Waals surface area (Å²) >= 11 is 0. The largest absolute Gasteiger partial charge is 3.00 e. The molecule has 0 unspecified atom stereocenters. The molecule has 0 amide bonds. The first-order valence-corrected chi connectivity index (χ1v) is 8.96. The Kier molecular flexibility index (Phi) is 12.8. The molecule has 0 radical (unpaired) electrons. The Bertz CT molecular complexity index is 352. The molecule has 0 spiro atoms. The number of carbonyl (C=O) groups is 3. The van der Waals surface area contributed by atoms with Crippen molar-refractivity contribution >= 4 is 37.7 Å². The van der Waals surface area contributed by atoms with Crippen LogP contribution >= 0.6 is 0 Å². The van der Waals surface area contributed by atoms with Crippen molar-refractivity contribution in [1.82, 2.24) is 0 Å². The monoisotopic (exact) mass is 408 g/mol. The third-order valence-corrected chi connectivity index (χ3v) is 5.04. The number of carboxylic acids is 3. The van der Waals surface area contributed by atoms with Crippen molar-refractivity contribution in [2.45, 2.75) is 77.0 Å². The van der Waals surface area contributed by atoms with Gasteiger partial charge in [0.2, 0.25) is 0 Å². The molecule has 0 N–H and O–H groups in total. The van der Waals surface area contributed by atoms with Gasteiger partial charge in [-0.25, -0.2) is 0 Å². The molecule has 3 rings (SSSR count). The van der Waals surface area contributed by atoms with Crippen LogP contribution in [0.4, 0.5) is 0 Å². The molecule has 3 aliphatic carbocycles. The van der Waals surface area contributed by atoms with Gasteiger partial charge in [0, 0.05) is 17.9 Å². The van der Waals surface area contributed by atoms with E-state index in [0.29, 0.717) is 17.8 Å². The van der Waals surface area contributed by atoms with Gasteiger partial charge in [0.1, 0.15) is 0 Å². The summed E-state index contributed by atoms with van der Waals surface area (Å²) in [6.45, 7) is 0. The van der Waals surface area contributed by atoms with E-state index in [0.717, 1.165) is 38.5 Å². The van der Waals surface area contributed by atoms with Gasteiger partial charge < -0.3 is 29.7 Å². The van der Waals surface area contributed by atoms with Gasteiger partial charge in [-0.15, -0.1) is 0 Å². The van der Waals surface area contributed by atoms with Crippen LogP contribution in [0.2, 0.25) is 0 Å². The van der Waals surface area contributed by atoms with Crippen LogP contribution in [0.15, 0.2) is 0 Å². The molecule has 6 nitrogen and oxygen atoms in total. The van der Waals surface area contributed by atoms with Crippen molar-refractivity contribution < 1.29 is 29.7 Å². The van der Waals surface area contributed by atoms with Crippen molar-refractivity contribution in [3.05, 3.63) is 0 Å². The van der Waals surface area contributed by atoms with E-state index < -0.39 is 17.9 Å². The Morgan fingerprint density at radius 1 is 0.560 bits per heavy atom. The summed E-state index contributed by atoms with van der Waals surface area (Å²) in [4.78, 5) is 29.7. The summed E-state index contributed by atoms with van der Waals surface area (Å²) < 4.78 is 0. The molecule has 3 fully saturated rings. The van der Waals surface area contributed by atoms with Crippen molar-refractivity contribution in [1.29, 1.82) is 0 Å². The minimum absolute atomic E-state index is 0. The maximum absolute atomic E-state index is 9.89. The molecular formula is C18H27GaO6. The van der Waals surface area contributed by atoms with Crippen LogP contribution < -0.4 is 15.3 Å². The van der Waals surface area contributed by atoms with Gasteiger partial charge in [-0.3, -0.25) is 0 Å². The molecule has 0 aromatic heterocycles. The van der Waals surface area contributed by atoms with Crippen molar-refractivity contribution in [3.63, 3.8) is 0 Å². The number of rotatable bonds is 6. The summed E-state index contributed by atoms with van der Waals surface area (Å²) in [7, 11) is 0. The molecule has 0 heterocycles. The number of carbonyl (C=O) groups excluding carboxylic acids is 3. The van der Waals surface area contributed by atoms with Crippen molar-refractivity contribution in [2.24, 2.45) is 17.8 Å². The average Bonchev–Trinajstić information content (AvgIpc) is 2.35. The number of carboxylic acid groups (broad SMARTS) is 3. The Labute approximate surface area is 162 Å². The van der Waals surface area contributed by atoms with Crippen LogP contribution in [0.25, 0.3) is 0 Å². The molecule has 138 valence electrons. The maximum atomic E-state index is 9.89. The smallest absolute Gasteiger partial charge is 0.550 e. The normalized spacial score (nSPS) is 19.2. The minimum Gasteiger partial charge on any atom is -0.550 e. The van der Waals surface area contributed by atoms with Gasteiger partial charge in [0.15, 0.2) is 0 Å². The average molecular weight is 409 g/mol. The Balaban J connectivity index is 0.000000339. The van der Waals surface area contributed by atoms with Gasteiger partial charge in [-0.1, -0.05) is 57.8 Å². The zero-order valence-corrected chi connectivity index (χ0v) is 17.2. The van der Waals surface area contributed by atoms with Crippen LogP contribution in [0.3, 0.4) is 0 Å². The van der Waals surface area contributed by atoms with E-state index in [1.54, 1.807) is 0 Å². The summed E-state index contributed by atoms with van der Waals surface area (Å²) in [5.41, 5.74) is 0. The first-order chi connectivity index (χ1) is 11.4. The molecule has 0 aromatic rings. The van der Waals surface area contributed by atoms with E-state index in [1.165, 1.54) is 19.3 Å². The zero-order chi connectivity index (χ0) is 17.9. The second-order valence-corrected chi connectivity index (χ2v) is 7.12. The molecule has 0 bridgehead atoms. The molecule has 25 heavy (non-hydrogen) atoms. The van der Waals surface area contributed by atoms with Crippen LogP contribution in [-0.4, -0.2) is 37.7 Å². The summed E-state index contributed by atoms with van der Waals surface area (Å²) in [6, 6.07) is 0. The first kappa shape index (κ1) is 24.0. The predicted octanol–water partition coefficient (Wildman–Crippen LogP) is -0.601. The van der Waals surface area contributed by atoms with Crippen molar-refractivity contribution in [3.8, 4) is 0 Å². The fourth-order valence-electron chi connectivity index (χ4n) is 2.80. The molecule has 0 aliphatic heterocycles. The summed E-state index contributed by atoms with van der Waals surface area (Å²) in [5, 5.41) is 29.7. The second kappa shape index (κ2) is 13.3. The predicted molar refractivity (Wildman–Crippen MR) is 86.6 cm³/mol. The van der Waals surface area contributed by atoms with Crippen LogP contribution in [0.1, 0.15) is 77.0 Å². The van der Waals surface area contributed by atoms with E-state index in [1.807, 2.05) is 0 Å². The van der Waals surface area contributed by atoms with Gasteiger partial charge in [0.05, 0.1) is 0 Å². The fraction of sp³-hybridized carbons (Fsp3) is 0.833. The Morgan fingerprint density at radius 3 is 0.800 bits per heavy atom. The van der Waals surface area contributed by atoms with Crippen LogP contribution in [0, 0.1) is 17.8 Å². The van der Waals surface area contributed by atoms with Gasteiger partial charge in [-0.05, 0) is 37.0 Å². The SMILES string of the molecule is O=C([O-])CC1CCC1.O=C([O-])CC1CCC1.O=C([O-])CC1CCC1.[Ga+3]. The van der Waals surface area contributed by atoms with Gasteiger partial charge in [0.25, 0.3) is 0 Å². The zero-order valence-electron chi connectivity index (χ0n) is 14.7. The van der Waals surface area contributed by atoms with E-state index in [-0.39, 0.29) is 39.1 Å². The maximum Gasteiger partial charge on any atom is 3.00 e. The first-order valence-electron chi connectivity index (χ1n) is 8.96. The summed E-state index contributed by atoms with van der Waals surface area (Å²) in [5.74, 6) is -1.35. The van der Waals surface area contributed by atoms with Gasteiger partial charge >= 0.3 is 19.8 Å². The molecular weight excluding hydrogens is 382 g/mol. The Hall–Kier alpha value is -0.954. The molecule has 7 heteroatoms. The minimum atomic E-state index is -0.894. The molecule has 0 saturated heterocycles. The van der Waals surface area contributed by atoms with E-state index in [4.69, 9.17) is 0 Å². The van der Waals surface area contributed by atoms with E-state index in [9.17, 15) is 29.7 Å². The molecule has 3 aliphatic rings. The Morgan fingerprint density at radius 2 is 0.760 bits per heavy atom. The van der Waals surface area contributed by atoms with E-state index in [2.05, 4.69) is 0 Å². The topological polar surface area (TPSA) is 120 Å². The number of aliphatic carboxylic acids is 3. The van der Waals surface area contributed by atoms with E-state index >= 15 is 0 Å². The molecule has 0 aromatic carbocycles. The standard InChI is InChI=1S/3C6H10O2.Ga/c3*7-6(8)4-5-2-1-3-5;/h3*5H,1-4H2,(H,7,8);/q;;;+3/p-3. The quantitative estimate of drug-likeness (QED) is 0.541. The number of hydrogen-bond donors (Lipinski definition) is 0. The second-order valence-electron chi connectivity index (χ2n) is 7.12. The third kappa shape index (κ3) is 12.1. The molecule has 0 atom stereocenters. The van der Waals surface area contributed by atoms with Crippen LogP contribution in [-0.2, 0) is 14.4 Å². The molecule has 3 saturated carbocycles. The fourth-order valence-corrected chi connectivity index (χ4v) is 2.80.